The van der Waals surface area contributed by atoms with Gasteiger partial charge in [-0.05, 0) is 42.0 Å². The van der Waals surface area contributed by atoms with Gasteiger partial charge in [0.2, 0.25) is 5.75 Å². The van der Waals surface area contributed by atoms with Crippen molar-refractivity contribution in [2.45, 2.75) is 25.2 Å². The molecule has 0 bridgehead atoms. The molecule has 2 aromatic rings. The maximum atomic E-state index is 13.2. The summed E-state index contributed by atoms with van der Waals surface area (Å²) >= 11 is 1.28. The van der Waals surface area contributed by atoms with Crippen LogP contribution in [-0.2, 0) is 4.79 Å². The molecular weight excluding hydrogens is 456 g/mol. The summed E-state index contributed by atoms with van der Waals surface area (Å²) in [5.74, 6) is 0.0464. The second-order valence-electron chi connectivity index (χ2n) is 7.69. The number of amides is 1. The number of hydrazine groups is 1. The highest BCUT2D eigenvalue weighted by atomic mass is 32.1. The fourth-order valence-corrected chi connectivity index (χ4v) is 4.99. The van der Waals surface area contributed by atoms with E-state index in [0.29, 0.717) is 58.2 Å². The summed E-state index contributed by atoms with van der Waals surface area (Å²) in [5, 5.41) is 13.3. The van der Waals surface area contributed by atoms with E-state index in [-0.39, 0.29) is 23.1 Å². The molecule has 0 spiro atoms. The summed E-state index contributed by atoms with van der Waals surface area (Å²) in [7, 11) is 4.49. The Kier molecular flexibility index (Phi) is 6.47. The molecule has 9 nitrogen and oxygen atoms in total. The minimum atomic E-state index is -0.739. The van der Waals surface area contributed by atoms with Gasteiger partial charge in [0.15, 0.2) is 17.3 Å². The number of carbonyl (C=O) groups is 2. The number of nitrogens with one attached hydrogen (secondary N) is 1. The summed E-state index contributed by atoms with van der Waals surface area (Å²) in [4.78, 5) is 26.5. The molecule has 1 amide bonds. The molecule has 1 aliphatic heterocycles. The molecule has 2 heterocycles. The van der Waals surface area contributed by atoms with Crippen LogP contribution in [0.25, 0.3) is 0 Å². The van der Waals surface area contributed by atoms with Gasteiger partial charge in [-0.3, -0.25) is 15.0 Å². The van der Waals surface area contributed by atoms with Gasteiger partial charge < -0.3 is 19.9 Å². The second-order valence-corrected chi connectivity index (χ2v) is 8.64. The van der Waals surface area contributed by atoms with Crippen molar-refractivity contribution in [2.75, 3.05) is 21.3 Å². The van der Waals surface area contributed by atoms with Crippen LogP contribution in [0.5, 0.6) is 17.2 Å². The van der Waals surface area contributed by atoms with E-state index in [1.807, 2.05) is 0 Å². The van der Waals surface area contributed by atoms with Gasteiger partial charge in [-0.1, -0.05) is 6.07 Å². The van der Waals surface area contributed by atoms with Gasteiger partial charge in [0.1, 0.15) is 5.82 Å². The minimum absolute atomic E-state index is 0.0691. The number of nitrogens with two attached hydrogens (primary N) is 1. The van der Waals surface area contributed by atoms with E-state index in [4.69, 9.17) is 19.9 Å². The number of allylic oxidation sites excluding steroid dienone is 3. The molecule has 4 rings (SSSR count). The van der Waals surface area contributed by atoms with Gasteiger partial charge in [0, 0.05) is 17.7 Å². The Hall–Kier alpha value is -3.97. The van der Waals surface area contributed by atoms with E-state index in [0.717, 1.165) is 0 Å². The number of carbonyl (C=O) groups excluding carboxylic acids is 2. The molecule has 3 N–H and O–H groups in total. The maximum Gasteiger partial charge on any atom is 0.280 e. The smallest absolute Gasteiger partial charge is 0.280 e. The Bertz CT molecular complexity index is 1220. The molecule has 0 radical (unpaired) electrons. The van der Waals surface area contributed by atoms with Crippen LogP contribution in [0.2, 0.25) is 0 Å². The summed E-state index contributed by atoms with van der Waals surface area (Å²) in [6, 6.07) is 9.04. The van der Waals surface area contributed by atoms with Crippen LogP contribution in [0.4, 0.5) is 0 Å². The average Bonchev–Trinajstić information content (AvgIpc) is 3.39. The number of nitrogens with zero attached hydrogens (tertiary/aromatic N) is 2. The van der Waals surface area contributed by atoms with Gasteiger partial charge in [-0.15, -0.1) is 11.3 Å². The molecule has 1 atom stereocenters. The Morgan fingerprint density at radius 2 is 1.91 bits per heavy atom. The fraction of sp³-hybridized carbons (Fsp3) is 0.292. The van der Waals surface area contributed by atoms with Crippen molar-refractivity contribution in [1.82, 2.24) is 10.4 Å². The zero-order valence-corrected chi connectivity index (χ0v) is 19.8. The van der Waals surface area contributed by atoms with Crippen molar-refractivity contribution in [1.29, 1.82) is 5.26 Å². The molecule has 0 saturated carbocycles. The third-order valence-corrected chi connectivity index (χ3v) is 6.76. The zero-order valence-electron chi connectivity index (χ0n) is 19.0. The van der Waals surface area contributed by atoms with E-state index < -0.39 is 5.92 Å². The Labute approximate surface area is 201 Å². The van der Waals surface area contributed by atoms with Gasteiger partial charge in [0.05, 0.1) is 43.8 Å². The first-order valence-corrected chi connectivity index (χ1v) is 11.4. The van der Waals surface area contributed by atoms with E-state index in [9.17, 15) is 14.9 Å². The number of Topliss-reactive ketones (excluding diaryl/α,β-unsaturated/α-hetero) is 1. The number of methoxy groups -OCH3 is 3. The maximum absolute atomic E-state index is 13.2. The van der Waals surface area contributed by atoms with Crippen LogP contribution in [0, 0.1) is 11.3 Å². The first-order chi connectivity index (χ1) is 16.4. The number of rotatable bonds is 6. The molecule has 34 heavy (non-hydrogen) atoms. The van der Waals surface area contributed by atoms with Crippen molar-refractivity contribution in [2.24, 2.45) is 5.73 Å². The summed E-state index contributed by atoms with van der Waals surface area (Å²) in [6.45, 7) is 0. The third kappa shape index (κ3) is 3.84. The molecule has 0 saturated heterocycles. The monoisotopic (exact) mass is 480 g/mol. The fourth-order valence-electron chi connectivity index (χ4n) is 4.38. The number of hydrogen-bond acceptors (Lipinski definition) is 9. The van der Waals surface area contributed by atoms with Crippen molar-refractivity contribution < 1.29 is 23.8 Å². The predicted octanol–water partition coefficient (Wildman–Crippen LogP) is 3.22. The Balaban J connectivity index is 1.88. The minimum Gasteiger partial charge on any atom is -0.493 e. The van der Waals surface area contributed by atoms with Gasteiger partial charge >= 0.3 is 0 Å². The Morgan fingerprint density at radius 3 is 2.47 bits per heavy atom. The van der Waals surface area contributed by atoms with Crippen LogP contribution in [0.3, 0.4) is 0 Å². The molecule has 1 aliphatic carbocycles. The summed E-state index contributed by atoms with van der Waals surface area (Å²) in [5.41, 5.74) is 11.0. The number of benzene rings is 1. The lowest BCUT2D eigenvalue weighted by Crippen LogP contribution is -2.48. The first kappa shape index (κ1) is 23.2. The highest BCUT2D eigenvalue weighted by molar-refractivity contribution is 7.12. The highest BCUT2D eigenvalue weighted by Gasteiger charge is 2.41. The highest BCUT2D eigenvalue weighted by Crippen LogP contribution is 2.48. The molecular formula is C24H24N4O5S. The number of ketones is 1. The summed E-state index contributed by atoms with van der Waals surface area (Å²) in [6.07, 6.45) is 1.47. The lowest BCUT2D eigenvalue weighted by atomic mass is 9.76. The van der Waals surface area contributed by atoms with Crippen molar-refractivity contribution in [3.05, 3.63) is 62.8 Å². The molecule has 0 fully saturated rings. The van der Waals surface area contributed by atoms with Gasteiger partial charge in [0.25, 0.3) is 5.91 Å². The molecule has 1 unspecified atom stereocenters. The standard InChI is InChI=1S/C24H24N4O5S/c1-31-17-10-13(11-18(32-2)22(17)33-3)20-14(12-25)23(26)28(15-6-4-7-16(29)21(15)20)27-24(30)19-8-5-9-34-19/h5,8-11,20H,4,6-7,26H2,1-3H3,(H,27,30). The van der Waals surface area contributed by atoms with Crippen LogP contribution in [0.1, 0.15) is 40.4 Å². The van der Waals surface area contributed by atoms with E-state index >= 15 is 0 Å². The molecule has 176 valence electrons. The van der Waals surface area contributed by atoms with E-state index in [2.05, 4.69) is 11.5 Å². The normalized spacial score (nSPS) is 17.8. The van der Waals surface area contributed by atoms with Crippen molar-refractivity contribution in [3.63, 3.8) is 0 Å². The van der Waals surface area contributed by atoms with Crippen LogP contribution in [-0.4, -0.2) is 38.0 Å². The molecule has 2 aliphatic rings. The van der Waals surface area contributed by atoms with E-state index in [1.54, 1.807) is 29.6 Å². The van der Waals surface area contributed by atoms with Crippen LogP contribution in [0.15, 0.2) is 52.3 Å². The lowest BCUT2D eigenvalue weighted by molar-refractivity contribution is -0.116. The lowest BCUT2D eigenvalue weighted by Gasteiger charge is -2.39. The van der Waals surface area contributed by atoms with Crippen molar-refractivity contribution in [3.8, 4) is 23.3 Å². The van der Waals surface area contributed by atoms with Crippen molar-refractivity contribution >= 4 is 23.0 Å². The van der Waals surface area contributed by atoms with Crippen LogP contribution < -0.4 is 25.4 Å². The third-order valence-electron chi connectivity index (χ3n) is 5.89. The quantitative estimate of drug-likeness (QED) is 0.645. The number of ether oxygens (including phenoxy) is 3. The number of nitriles is 1. The van der Waals surface area contributed by atoms with Gasteiger partial charge in [-0.2, -0.15) is 5.26 Å². The topological polar surface area (TPSA) is 127 Å². The number of thiophene rings is 1. The average molecular weight is 481 g/mol. The SMILES string of the molecule is COc1cc(C2C(C#N)=C(N)N(NC(=O)c3cccs3)C3=C2C(=O)CCC3)cc(OC)c1OC. The van der Waals surface area contributed by atoms with Crippen LogP contribution >= 0.6 is 11.3 Å². The number of hydrogen-bond donors (Lipinski definition) is 2. The summed E-state index contributed by atoms with van der Waals surface area (Å²) < 4.78 is 16.4. The molecule has 1 aromatic heterocycles. The first-order valence-electron chi connectivity index (χ1n) is 10.6. The second kappa shape index (κ2) is 9.49. The predicted molar refractivity (Wildman–Crippen MR) is 125 cm³/mol. The molecule has 10 heteroatoms. The van der Waals surface area contributed by atoms with E-state index in [1.165, 1.54) is 37.7 Å². The molecule has 1 aromatic carbocycles. The largest absolute Gasteiger partial charge is 0.493 e. The Morgan fingerprint density at radius 1 is 1.21 bits per heavy atom. The zero-order chi connectivity index (χ0) is 24.4. The van der Waals surface area contributed by atoms with Gasteiger partial charge in [-0.25, -0.2) is 5.01 Å².